The van der Waals surface area contributed by atoms with Crippen molar-refractivity contribution in [1.82, 2.24) is 10.2 Å². The van der Waals surface area contributed by atoms with Gasteiger partial charge in [-0.15, -0.1) is 0 Å². The van der Waals surface area contributed by atoms with Crippen LogP contribution in [0.1, 0.15) is 38.3 Å². The minimum Gasteiger partial charge on any atom is -0.352 e. The standard InChI is InChI=1S/C24H32N4O6S/c1-6-18(3)25-24(30)19(4)26(15-20-10-7-9-17(2)13-20)23(29)16-27(35(5,33)34)21-11-8-12-22(14-21)28(31)32/h7-14,18-19H,6,15-16H2,1-5H3,(H,25,30)/t18-,19+/m1/s1. The van der Waals surface area contributed by atoms with E-state index in [1.54, 1.807) is 6.92 Å². The molecule has 10 nitrogen and oxygen atoms in total. The van der Waals surface area contributed by atoms with Gasteiger partial charge in [-0.3, -0.25) is 24.0 Å². The van der Waals surface area contributed by atoms with Gasteiger partial charge >= 0.3 is 0 Å². The van der Waals surface area contributed by atoms with Gasteiger partial charge in [0, 0.05) is 24.7 Å². The van der Waals surface area contributed by atoms with Gasteiger partial charge < -0.3 is 10.2 Å². The lowest BCUT2D eigenvalue weighted by molar-refractivity contribution is -0.384. The van der Waals surface area contributed by atoms with Crippen molar-refractivity contribution in [2.24, 2.45) is 0 Å². The van der Waals surface area contributed by atoms with Gasteiger partial charge in [0.2, 0.25) is 21.8 Å². The lowest BCUT2D eigenvalue weighted by Crippen LogP contribution is -2.52. The van der Waals surface area contributed by atoms with E-state index in [9.17, 15) is 28.1 Å². The molecule has 2 amide bonds. The van der Waals surface area contributed by atoms with Gasteiger partial charge in [0.15, 0.2) is 0 Å². The zero-order valence-electron chi connectivity index (χ0n) is 20.6. The summed E-state index contributed by atoms with van der Waals surface area (Å²) >= 11 is 0. The third kappa shape index (κ3) is 7.78. The smallest absolute Gasteiger partial charge is 0.271 e. The molecule has 0 aliphatic rings. The summed E-state index contributed by atoms with van der Waals surface area (Å²) in [5.74, 6) is -0.975. The van der Waals surface area contributed by atoms with Crippen molar-refractivity contribution >= 4 is 33.2 Å². The molecule has 0 saturated carbocycles. The van der Waals surface area contributed by atoms with Crippen molar-refractivity contribution in [3.63, 3.8) is 0 Å². The van der Waals surface area contributed by atoms with Gasteiger partial charge in [0.25, 0.3) is 5.69 Å². The van der Waals surface area contributed by atoms with Gasteiger partial charge in [-0.1, -0.05) is 42.8 Å². The normalized spacial score (nSPS) is 12.9. The van der Waals surface area contributed by atoms with Crippen LogP contribution >= 0.6 is 0 Å². The molecule has 190 valence electrons. The molecule has 2 atom stereocenters. The number of non-ortho nitro benzene ring substituents is 1. The highest BCUT2D eigenvalue weighted by molar-refractivity contribution is 7.92. The lowest BCUT2D eigenvalue weighted by Gasteiger charge is -2.32. The van der Waals surface area contributed by atoms with Crippen LogP contribution in [0.4, 0.5) is 11.4 Å². The number of amides is 2. The van der Waals surface area contributed by atoms with Crippen LogP contribution in [-0.2, 0) is 26.2 Å². The molecule has 0 radical (unpaired) electrons. The molecular formula is C24H32N4O6S. The first-order valence-electron chi connectivity index (χ1n) is 11.2. The number of nitrogens with zero attached hydrogens (tertiary/aromatic N) is 3. The first-order chi connectivity index (χ1) is 16.3. The van der Waals surface area contributed by atoms with Crippen molar-refractivity contribution in [2.45, 2.75) is 52.7 Å². The SMILES string of the molecule is CC[C@@H](C)NC(=O)[C@H](C)N(Cc1cccc(C)c1)C(=O)CN(c1cccc([N+](=O)[O-])c1)S(C)(=O)=O. The van der Waals surface area contributed by atoms with Crippen LogP contribution in [0.15, 0.2) is 48.5 Å². The zero-order valence-corrected chi connectivity index (χ0v) is 21.4. The second-order valence-corrected chi connectivity index (χ2v) is 10.5. The maximum absolute atomic E-state index is 13.5. The number of carbonyl (C=O) groups excluding carboxylic acids is 2. The van der Waals surface area contributed by atoms with Crippen LogP contribution in [0.5, 0.6) is 0 Å². The summed E-state index contributed by atoms with van der Waals surface area (Å²) in [5, 5.41) is 14.0. The van der Waals surface area contributed by atoms with E-state index in [0.717, 1.165) is 27.8 Å². The number of nitrogens with one attached hydrogen (secondary N) is 1. The molecule has 0 heterocycles. The predicted octanol–water partition coefficient (Wildman–Crippen LogP) is 3.00. The molecule has 0 spiro atoms. The van der Waals surface area contributed by atoms with Crippen LogP contribution in [0.25, 0.3) is 0 Å². The van der Waals surface area contributed by atoms with Crippen LogP contribution in [0.2, 0.25) is 0 Å². The van der Waals surface area contributed by atoms with Crippen LogP contribution in [0, 0.1) is 17.0 Å². The monoisotopic (exact) mass is 504 g/mol. The molecule has 0 aromatic heterocycles. The first-order valence-corrected chi connectivity index (χ1v) is 13.1. The fourth-order valence-electron chi connectivity index (χ4n) is 3.43. The van der Waals surface area contributed by atoms with Crippen molar-refractivity contribution in [3.8, 4) is 0 Å². The van der Waals surface area contributed by atoms with E-state index in [-0.39, 0.29) is 29.9 Å². The van der Waals surface area contributed by atoms with Crippen molar-refractivity contribution in [3.05, 3.63) is 69.8 Å². The number of rotatable bonds is 11. The van der Waals surface area contributed by atoms with Gasteiger partial charge in [0.1, 0.15) is 12.6 Å². The van der Waals surface area contributed by atoms with Crippen LogP contribution < -0.4 is 9.62 Å². The summed E-state index contributed by atoms with van der Waals surface area (Å²) in [6.45, 7) is 6.74. The van der Waals surface area contributed by atoms with E-state index in [0.29, 0.717) is 6.42 Å². The number of nitro benzene ring substituents is 1. The highest BCUT2D eigenvalue weighted by Crippen LogP contribution is 2.24. The Bertz CT molecular complexity index is 1180. The van der Waals surface area contributed by atoms with Crippen molar-refractivity contribution in [1.29, 1.82) is 0 Å². The molecule has 0 saturated heterocycles. The Morgan fingerprint density at radius 3 is 2.34 bits per heavy atom. The highest BCUT2D eigenvalue weighted by Gasteiger charge is 2.31. The van der Waals surface area contributed by atoms with Gasteiger partial charge in [-0.05, 0) is 38.8 Å². The topological polar surface area (TPSA) is 130 Å². The third-order valence-corrected chi connectivity index (χ3v) is 6.75. The molecule has 0 unspecified atom stereocenters. The molecule has 2 rings (SSSR count). The molecule has 11 heteroatoms. The fourth-order valence-corrected chi connectivity index (χ4v) is 4.27. The molecule has 2 aromatic carbocycles. The van der Waals surface area contributed by atoms with E-state index >= 15 is 0 Å². The first kappa shape index (κ1) is 27.8. The maximum atomic E-state index is 13.5. The summed E-state index contributed by atoms with van der Waals surface area (Å²) in [7, 11) is -3.97. The molecule has 35 heavy (non-hydrogen) atoms. The van der Waals surface area contributed by atoms with Gasteiger partial charge in [0.05, 0.1) is 16.9 Å². The predicted molar refractivity (Wildman–Crippen MR) is 134 cm³/mol. The molecule has 0 aliphatic heterocycles. The number of sulfonamides is 1. The van der Waals surface area contributed by atoms with E-state index in [1.807, 2.05) is 45.0 Å². The molecule has 0 aliphatic carbocycles. The van der Waals surface area contributed by atoms with Crippen LogP contribution in [0.3, 0.4) is 0 Å². The van der Waals surface area contributed by atoms with E-state index in [1.165, 1.54) is 23.1 Å². The highest BCUT2D eigenvalue weighted by atomic mass is 32.2. The summed E-state index contributed by atoms with van der Waals surface area (Å²) in [6.07, 6.45) is 1.63. The van der Waals surface area contributed by atoms with Gasteiger partial charge in [-0.2, -0.15) is 0 Å². The maximum Gasteiger partial charge on any atom is 0.271 e. The largest absolute Gasteiger partial charge is 0.352 e. The number of hydrogen-bond acceptors (Lipinski definition) is 6. The Morgan fingerprint density at radius 1 is 1.11 bits per heavy atom. The quantitative estimate of drug-likeness (QED) is 0.370. The van der Waals surface area contributed by atoms with Gasteiger partial charge in [-0.25, -0.2) is 8.42 Å². The number of nitro groups is 1. The van der Waals surface area contributed by atoms with Crippen molar-refractivity contribution in [2.75, 3.05) is 17.1 Å². The Hall–Kier alpha value is -3.47. The Labute approximate surface area is 206 Å². The third-order valence-electron chi connectivity index (χ3n) is 5.61. The average molecular weight is 505 g/mol. The fraction of sp³-hybridized carbons (Fsp3) is 0.417. The summed E-state index contributed by atoms with van der Waals surface area (Å²) in [5.41, 5.74) is 1.44. The zero-order chi connectivity index (χ0) is 26.3. The average Bonchev–Trinajstić information content (AvgIpc) is 2.79. The Kier molecular flexibility index (Phi) is 9.35. The lowest BCUT2D eigenvalue weighted by atomic mass is 10.1. The Morgan fingerprint density at radius 2 is 1.77 bits per heavy atom. The molecule has 2 aromatic rings. The summed E-state index contributed by atoms with van der Waals surface area (Å²) < 4.78 is 25.9. The Balaban J connectivity index is 2.43. The second-order valence-electron chi connectivity index (χ2n) is 8.55. The second kappa shape index (κ2) is 11.8. The molecule has 0 bridgehead atoms. The number of aryl methyl sites for hydroxylation is 1. The minimum atomic E-state index is -3.97. The van der Waals surface area contributed by atoms with Crippen LogP contribution in [-0.4, -0.2) is 54.9 Å². The molecular weight excluding hydrogens is 472 g/mol. The summed E-state index contributed by atoms with van der Waals surface area (Å²) in [6, 6.07) is 11.5. The number of hydrogen-bond donors (Lipinski definition) is 1. The molecule has 1 N–H and O–H groups in total. The van der Waals surface area contributed by atoms with Crippen molar-refractivity contribution < 1.29 is 22.9 Å². The molecule has 0 fully saturated rings. The number of benzene rings is 2. The van der Waals surface area contributed by atoms with E-state index in [4.69, 9.17) is 0 Å². The minimum absolute atomic E-state index is 0.0118. The van der Waals surface area contributed by atoms with E-state index in [2.05, 4.69) is 5.32 Å². The van der Waals surface area contributed by atoms with E-state index < -0.39 is 33.4 Å². The number of anilines is 1. The summed E-state index contributed by atoms with van der Waals surface area (Å²) in [4.78, 5) is 38.2. The number of carbonyl (C=O) groups is 2.